The van der Waals surface area contributed by atoms with Gasteiger partial charge in [0.25, 0.3) is 0 Å². The van der Waals surface area contributed by atoms with E-state index in [2.05, 4.69) is 5.32 Å². The van der Waals surface area contributed by atoms with Crippen LogP contribution in [0.4, 0.5) is 0 Å². The fraction of sp³-hybridized carbons (Fsp3) is 1.00. The van der Waals surface area contributed by atoms with Crippen LogP contribution in [0.15, 0.2) is 0 Å². The van der Waals surface area contributed by atoms with Crippen LogP contribution < -0.4 is 5.32 Å². The van der Waals surface area contributed by atoms with E-state index < -0.39 is 10.0 Å². The van der Waals surface area contributed by atoms with Crippen LogP contribution in [0.3, 0.4) is 0 Å². The molecule has 0 aromatic rings. The van der Waals surface area contributed by atoms with E-state index in [1.165, 1.54) is 4.31 Å². The van der Waals surface area contributed by atoms with Gasteiger partial charge in [-0.05, 0) is 31.9 Å². The molecule has 0 aliphatic heterocycles. The molecule has 0 aromatic carbocycles. The molecule has 0 amide bonds. The largest absolute Gasteiger partial charge is 0.316 e. The third-order valence-electron chi connectivity index (χ3n) is 2.59. The summed E-state index contributed by atoms with van der Waals surface area (Å²) in [5.74, 6) is 1.18. The number of nitrogens with one attached hydrogen (secondary N) is 1. The Balaban J connectivity index is 4.16. The molecule has 1 N–H and O–H groups in total. The molecule has 0 saturated carbocycles. The zero-order valence-corrected chi connectivity index (χ0v) is 12.3. The first-order chi connectivity index (χ1) is 7.45. The highest BCUT2D eigenvalue weighted by molar-refractivity contribution is 7.98. The minimum absolute atomic E-state index is 0.0825. The van der Waals surface area contributed by atoms with Crippen LogP contribution in [0.1, 0.15) is 20.3 Å². The summed E-state index contributed by atoms with van der Waals surface area (Å²) in [7, 11) is -1.43. The number of sulfonamides is 1. The second-order valence-electron chi connectivity index (χ2n) is 3.82. The number of nitrogens with zero attached hydrogens (tertiary/aromatic N) is 1. The van der Waals surface area contributed by atoms with Crippen LogP contribution in [0, 0.1) is 0 Å². The highest BCUT2D eigenvalue weighted by Gasteiger charge is 2.22. The van der Waals surface area contributed by atoms with Crippen molar-refractivity contribution in [2.45, 2.75) is 26.3 Å². The molecule has 98 valence electrons. The highest BCUT2D eigenvalue weighted by Crippen LogP contribution is 2.10. The lowest BCUT2D eigenvalue weighted by molar-refractivity contribution is 0.382. The van der Waals surface area contributed by atoms with E-state index in [4.69, 9.17) is 0 Å². The first-order valence-electron chi connectivity index (χ1n) is 5.61. The molecule has 0 fully saturated rings. The van der Waals surface area contributed by atoms with Crippen LogP contribution in [0.5, 0.6) is 0 Å². The molecule has 0 aliphatic carbocycles. The van der Waals surface area contributed by atoms with Crippen LogP contribution in [0.2, 0.25) is 0 Å². The van der Waals surface area contributed by atoms with Gasteiger partial charge in [0.05, 0.1) is 5.75 Å². The smallest absolute Gasteiger partial charge is 0.215 e. The summed E-state index contributed by atoms with van der Waals surface area (Å²) in [5.41, 5.74) is 0. The predicted octanol–water partition coefficient (Wildman–Crippen LogP) is 0.999. The Bertz CT molecular complexity index is 268. The number of hydrogen-bond donors (Lipinski definition) is 1. The Kier molecular flexibility index (Phi) is 8.45. The Hall–Kier alpha value is 0.220. The summed E-state index contributed by atoms with van der Waals surface area (Å²) in [4.78, 5) is 0. The lowest BCUT2D eigenvalue weighted by Crippen LogP contribution is -2.39. The van der Waals surface area contributed by atoms with E-state index in [1.807, 2.05) is 20.1 Å². The van der Waals surface area contributed by atoms with Crippen LogP contribution in [-0.2, 0) is 10.0 Å². The molecular formula is C10H24N2O2S2. The lowest BCUT2D eigenvalue weighted by Gasteiger charge is -2.24. The molecule has 0 radical (unpaired) electrons. The maximum atomic E-state index is 11.9. The average molecular weight is 268 g/mol. The predicted molar refractivity (Wildman–Crippen MR) is 72.6 cm³/mol. The topological polar surface area (TPSA) is 49.4 Å². The SMILES string of the molecule is CCNCCS(=O)(=O)N(C)C(C)CCSC. The van der Waals surface area contributed by atoms with Gasteiger partial charge in [0, 0.05) is 19.6 Å². The van der Waals surface area contributed by atoms with Gasteiger partial charge < -0.3 is 5.32 Å². The van der Waals surface area contributed by atoms with Crippen molar-refractivity contribution in [3.8, 4) is 0 Å². The Labute approximate surface area is 104 Å². The normalized spacial score (nSPS) is 14.3. The fourth-order valence-corrected chi connectivity index (χ4v) is 3.19. The maximum absolute atomic E-state index is 11.9. The molecule has 0 bridgehead atoms. The molecule has 16 heavy (non-hydrogen) atoms. The van der Waals surface area contributed by atoms with Crippen molar-refractivity contribution in [2.24, 2.45) is 0 Å². The Morgan fingerprint density at radius 2 is 2.06 bits per heavy atom. The maximum Gasteiger partial charge on any atom is 0.215 e. The van der Waals surface area contributed by atoms with E-state index in [9.17, 15) is 8.42 Å². The van der Waals surface area contributed by atoms with Gasteiger partial charge in [-0.15, -0.1) is 0 Å². The van der Waals surface area contributed by atoms with Crippen molar-refractivity contribution in [3.05, 3.63) is 0 Å². The average Bonchev–Trinajstić information content (AvgIpc) is 2.25. The minimum atomic E-state index is -3.10. The van der Waals surface area contributed by atoms with Gasteiger partial charge in [0.1, 0.15) is 0 Å². The minimum Gasteiger partial charge on any atom is -0.316 e. The first-order valence-corrected chi connectivity index (χ1v) is 8.61. The Morgan fingerprint density at radius 3 is 2.56 bits per heavy atom. The van der Waals surface area contributed by atoms with Crippen molar-refractivity contribution < 1.29 is 8.42 Å². The van der Waals surface area contributed by atoms with Crippen molar-refractivity contribution in [1.29, 1.82) is 0 Å². The molecular weight excluding hydrogens is 244 g/mol. The molecule has 0 heterocycles. The summed E-state index contributed by atoms with van der Waals surface area (Å²) in [6.07, 6.45) is 2.94. The molecule has 1 atom stereocenters. The summed E-state index contributed by atoms with van der Waals surface area (Å²) in [5, 5.41) is 3.03. The monoisotopic (exact) mass is 268 g/mol. The third kappa shape index (κ3) is 6.08. The molecule has 4 nitrogen and oxygen atoms in total. The van der Waals surface area contributed by atoms with E-state index in [0.29, 0.717) is 6.54 Å². The highest BCUT2D eigenvalue weighted by atomic mass is 32.2. The molecule has 1 unspecified atom stereocenters. The third-order valence-corrected chi connectivity index (χ3v) is 5.19. The Morgan fingerprint density at radius 1 is 1.44 bits per heavy atom. The van der Waals surface area contributed by atoms with Crippen molar-refractivity contribution in [2.75, 3.05) is 37.9 Å². The van der Waals surface area contributed by atoms with Gasteiger partial charge in [-0.1, -0.05) is 6.92 Å². The van der Waals surface area contributed by atoms with Crippen molar-refractivity contribution >= 4 is 21.8 Å². The quantitative estimate of drug-likeness (QED) is 0.634. The van der Waals surface area contributed by atoms with Crippen LogP contribution in [-0.4, -0.2) is 56.7 Å². The van der Waals surface area contributed by atoms with E-state index in [1.54, 1.807) is 18.8 Å². The molecule has 0 saturated heterocycles. The standard InChI is InChI=1S/C10H24N2O2S2/c1-5-11-7-9-16(13,14)12(3)10(2)6-8-15-4/h10-11H,5-9H2,1-4H3. The van der Waals surface area contributed by atoms with Gasteiger partial charge in [-0.2, -0.15) is 11.8 Å². The first kappa shape index (κ1) is 16.2. The zero-order chi connectivity index (χ0) is 12.6. The van der Waals surface area contributed by atoms with E-state index >= 15 is 0 Å². The summed E-state index contributed by atoms with van der Waals surface area (Å²) >= 11 is 1.75. The summed E-state index contributed by atoms with van der Waals surface area (Å²) < 4.78 is 25.3. The van der Waals surface area contributed by atoms with E-state index in [0.717, 1.165) is 18.7 Å². The molecule has 0 aromatic heterocycles. The van der Waals surface area contributed by atoms with Crippen molar-refractivity contribution in [1.82, 2.24) is 9.62 Å². The molecule has 6 heteroatoms. The number of hydrogen-bond acceptors (Lipinski definition) is 4. The van der Waals surface area contributed by atoms with Crippen LogP contribution >= 0.6 is 11.8 Å². The molecule has 0 spiro atoms. The summed E-state index contributed by atoms with van der Waals surface area (Å²) in [6.45, 7) is 5.26. The number of thioether (sulfide) groups is 1. The van der Waals surface area contributed by atoms with Gasteiger partial charge >= 0.3 is 0 Å². The zero-order valence-electron chi connectivity index (χ0n) is 10.7. The van der Waals surface area contributed by atoms with Gasteiger partial charge in [0.15, 0.2) is 0 Å². The van der Waals surface area contributed by atoms with Gasteiger partial charge in [-0.3, -0.25) is 0 Å². The fourth-order valence-electron chi connectivity index (χ4n) is 1.27. The second-order valence-corrected chi connectivity index (χ2v) is 6.95. The molecule has 0 aliphatic rings. The van der Waals surface area contributed by atoms with Crippen LogP contribution in [0.25, 0.3) is 0 Å². The second kappa shape index (κ2) is 8.33. The van der Waals surface area contributed by atoms with Crippen molar-refractivity contribution in [3.63, 3.8) is 0 Å². The van der Waals surface area contributed by atoms with E-state index in [-0.39, 0.29) is 11.8 Å². The van der Waals surface area contributed by atoms with Gasteiger partial charge in [-0.25, -0.2) is 12.7 Å². The van der Waals surface area contributed by atoms with Gasteiger partial charge in [0.2, 0.25) is 10.0 Å². The number of rotatable bonds is 9. The summed E-state index contributed by atoms with van der Waals surface area (Å²) in [6, 6.07) is 0.0825. The lowest BCUT2D eigenvalue weighted by atomic mass is 10.3. The molecule has 0 rings (SSSR count).